The molecule has 0 aliphatic heterocycles. The molecule has 0 amide bonds. The third kappa shape index (κ3) is 4.57. The van der Waals surface area contributed by atoms with Gasteiger partial charge in [0.25, 0.3) is 0 Å². The van der Waals surface area contributed by atoms with Crippen LogP contribution in [0.3, 0.4) is 0 Å². The molecule has 0 aliphatic carbocycles. The molecule has 1 heterocycles. The number of hydrogen-bond donors (Lipinski definition) is 0. The minimum Gasteiger partial charge on any atom is -0.423 e. The maximum absolute atomic E-state index is 11.5. The largest absolute Gasteiger partial charge is 0.423 e. The fraction of sp³-hybridized carbons (Fsp3) is 0.278. The average Bonchev–Trinajstić information content (AvgIpc) is 2.95. The highest BCUT2D eigenvalue weighted by Gasteiger charge is 2.04. The van der Waals surface area contributed by atoms with Gasteiger partial charge in [0.15, 0.2) is 0 Å². The molecule has 3 heteroatoms. The Balaban J connectivity index is 2.04. The highest BCUT2D eigenvalue weighted by molar-refractivity contribution is 7.15. The molecular weight excluding hydrogens is 280 g/mol. The number of ether oxygens (including phenoxy) is 1. The molecule has 0 atom stereocenters. The van der Waals surface area contributed by atoms with Crippen molar-refractivity contribution in [3.63, 3.8) is 0 Å². The second kappa shape index (κ2) is 7.79. The Morgan fingerprint density at radius 1 is 1.14 bits per heavy atom. The van der Waals surface area contributed by atoms with Crippen molar-refractivity contribution in [1.82, 2.24) is 0 Å². The molecule has 0 saturated heterocycles. The molecule has 1 aromatic carbocycles. The molecule has 0 bridgehead atoms. The summed E-state index contributed by atoms with van der Waals surface area (Å²) >= 11 is 1.82. The van der Waals surface area contributed by atoms with Crippen LogP contribution < -0.4 is 4.74 Å². The van der Waals surface area contributed by atoms with Crippen LogP contribution >= 0.6 is 11.3 Å². The lowest BCUT2D eigenvalue weighted by Crippen LogP contribution is -2.03. The zero-order chi connectivity index (χ0) is 15.1. The Bertz CT molecular complexity index is 608. The summed E-state index contributed by atoms with van der Waals surface area (Å²) in [5.41, 5.74) is 1.16. The molecular formula is C18H20O2S. The van der Waals surface area contributed by atoms with Crippen molar-refractivity contribution in [2.45, 2.75) is 33.1 Å². The minimum atomic E-state index is -0.328. The number of benzene rings is 1. The third-order valence-corrected chi connectivity index (χ3v) is 4.20. The van der Waals surface area contributed by atoms with Crippen molar-refractivity contribution < 1.29 is 9.53 Å². The molecule has 0 radical (unpaired) electrons. The Hall–Kier alpha value is -1.87. The third-order valence-electron chi connectivity index (χ3n) is 3.00. The SMILES string of the molecule is CCC=CC(=O)Oc1ccc(-c2ccc(CCC)s2)cc1. The van der Waals surface area contributed by atoms with Crippen LogP contribution in [0.1, 0.15) is 31.6 Å². The van der Waals surface area contributed by atoms with Gasteiger partial charge < -0.3 is 4.74 Å². The van der Waals surface area contributed by atoms with Gasteiger partial charge in [0, 0.05) is 15.8 Å². The molecule has 2 nitrogen and oxygen atoms in total. The van der Waals surface area contributed by atoms with Crippen molar-refractivity contribution in [3.05, 3.63) is 53.4 Å². The number of thiophene rings is 1. The molecule has 0 spiro atoms. The summed E-state index contributed by atoms with van der Waals surface area (Å²) in [4.78, 5) is 14.2. The van der Waals surface area contributed by atoms with Crippen LogP contribution in [0.2, 0.25) is 0 Å². The average molecular weight is 300 g/mol. The highest BCUT2D eigenvalue weighted by atomic mass is 32.1. The molecule has 0 fully saturated rings. The molecule has 0 unspecified atom stereocenters. The molecule has 2 aromatic rings. The van der Waals surface area contributed by atoms with Crippen LogP contribution in [0.5, 0.6) is 5.75 Å². The fourth-order valence-corrected chi connectivity index (χ4v) is 3.08. The first kappa shape index (κ1) is 15.5. The van der Waals surface area contributed by atoms with Gasteiger partial charge in [0.05, 0.1) is 0 Å². The lowest BCUT2D eigenvalue weighted by molar-refractivity contribution is -0.129. The van der Waals surface area contributed by atoms with Crippen molar-refractivity contribution in [2.75, 3.05) is 0 Å². The van der Waals surface area contributed by atoms with Crippen LogP contribution in [0.15, 0.2) is 48.6 Å². The first-order valence-corrected chi connectivity index (χ1v) is 8.12. The van der Waals surface area contributed by atoms with E-state index in [1.54, 1.807) is 6.08 Å². The van der Waals surface area contributed by atoms with E-state index in [1.165, 1.54) is 22.3 Å². The van der Waals surface area contributed by atoms with E-state index in [2.05, 4.69) is 19.1 Å². The second-order valence-corrected chi connectivity index (χ2v) is 5.94. The van der Waals surface area contributed by atoms with Crippen LogP contribution in [0.25, 0.3) is 10.4 Å². The van der Waals surface area contributed by atoms with Gasteiger partial charge in [-0.2, -0.15) is 0 Å². The zero-order valence-electron chi connectivity index (χ0n) is 12.5. The molecule has 2 rings (SSSR count). The smallest absolute Gasteiger partial charge is 0.335 e. The summed E-state index contributed by atoms with van der Waals surface area (Å²) in [6.07, 6.45) is 6.37. The van der Waals surface area contributed by atoms with E-state index in [1.807, 2.05) is 42.5 Å². The van der Waals surface area contributed by atoms with Gasteiger partial charge >= 0.3 is 5.97 Å². The van der Waals surface area contributed by atoms with E-state index in [9.17, 15) is 4.79 Å². The number of allylic oxidation sites excluding steroid dienone is 1. The summed E-state index contributed by atoms with van der Waals surface area (Å²) in [7, 11) is 0. The first-order chi connectivity index (χ1) is 10.2. The zero-order valence-corrected chi connectivity index (χ0v) is 13.3. The monoisotopic (exact) mass is 300 g/mol. The van der Waals surface area contributed by atoms with Crippen LogP contribution in [0.4, 0.5) is 0 Å². The quantitative estimate of drug-likeness (QED) is 0.414. The van der Waals surface area contributed by atoms with Gasteiger partial charge in [-0.05, 0) is 54.8 Å². The van der Waals surface area contributed by atoms with Crippen molar-refractivity contribution >= 4 is 17.3 Å². The van der Waals surface area contributed by atoms with Crippen molar-refractivity contribution in [1.29, 1.82) is 0 Å². The number of aryl methyl sites for hydroxylation is 1. The summed E-state index contributed by atoms with van der Waals surface area (Å²) in [6, 6.07) is 12.0. The fourth-order valence-electron chi connectivity index (χ4n) is 1.97. The summed E-state index contributed by atoms with van der Waals surface area (Å²) < 4.78 is 5.23. The van der Waals surface area contributed by atoms with Crippen LogP contribution in [-0.2, 0) is 11.2 Å². The topological polar surface area (TPSA) is 26.3 Å². The summed E-state index contributed by atoms with van der Waals surface area (Å²) in [6.45, 7) is 4.17. The Labute approximate surface area is 130 Å². The standard InChI is InChI=1S/C18H20O2S/c1-3-5-7-18(19)20-15-10-8-14(9-11-15)17-13-12-16(21-17)6-4-2/h5,7-13H,3-4,6H2,1-2H3. The van der Waals surface area contributed by atoms with Gasteiger partial charge in [-0.25, -0.2) is 4.79 Å². The van der Waals surface area contributed by atoms with Crippen LogP contribution in [0, 0.1) is 0 Å². The van der Waals surface area contributed by atoms with Gasteiger partial charge in [-0.1, -0.05) is 26.3 Å². The Kier molecular flexibility index (Phi) is 5.76. The Morgan fingerprint density at radius 2 is 1.90 bits per heavy atom. The van der Waals surface area contributed by atoms with E-state index in [4.69, 9.17) is 4.74 Å². The molecule has 0 N–H and O–H groups in total. The van der Waals surface area contributed by atoms with E-state index in [0.29, 0.717) is 5.75 Å². The highest BCUT2D eigenvalue weighted by Crippen LogP contribution is 2.30. The van der Waals surface area contributed by atoms with Gasteiger partial charge in [-0.3, -0.25) is 0 Å². The molecule has 1 aromatic heterocycles. The summed E-state index contributed by atoms with van der Waals surface area (Å²) in [5, 5.41) is 0. The number of rotatable bonds is 6. The molecule has 0 aliphatic rings. The maximum Gasteiger partial charge on any atom is 0.335 e. The van der Waals surface area contributed by atoms with E-state index < -0.39 is 0 Å². The molecule has 0 saturated carbocycles. The number of carbonyl (C=O) groups excluding carboxylic acids is 1. The van der Waals surface area contributed by atoms with Gasteiger partial charge in [0.2, 0.25) is 0 Å². The van der Waals surface area contributed by atoms with Crippen LogP contribution in [-0.4, -0.2) is 5.97 Å². The lowest BCUT2D eigenvalue weighted by atomic mass is 10.2. The number of hydrogen-bond acceptors (Lipinski definition) is 3. The minimum absolute atomic E-state index is 0.328. The van der Waals surface area contributed by atoms with Crippen molar-refractivity contribution in [2.24, 2.45) is 0 Å². The molecule has 21 heavy (non-hydrogen) atoms. The summed E-state index contributed by atoms with van der Waals surface area (Å²) in [5.74, 6) is 0.251. The molecule has 110 valence electrons. The van der Waals surface area contributed by atoms with E-state index in [-0.39, 0.29) is 5.97 Å². The van der Waals surface area contributed by atoms with Crippen molar-refractivity contribution in [3.8, 4) is 16.2 Å². The predicted molar refractivity (Wildman–Crippen MR) is 88.8 cm³/mol. The second-order valence-electron chi connectivity index (χ2n) is 4.77. The predicted octanol–water partition coefficient (Wildman–Crippen LogP) is 5.24. The van der Waals surface area contributed by atoms with Gasteiger partial charge in [-0.15, -0.1) is 11.3 Å². The van der Waals surface area contributed by atoms with E-state index in [0.717, 1.165) is 18.4 Å². The first-order valence-electron chi connectivity index (χ1n) is 7.30. The number of carbonyl (C=O) groups is 1. The maximum atomic E-state index is 11.5. The Morgan fingerprint density at radius 3 is 2.57 bits per heavy atom. The van der Waals surface area contributed by atoms with Gasteiger partial charge in [0.1, 0.15) is 5.75 Å². The normalized spacial score (nSPS) is 11.0. The number of esters is 1. The van der Waals surface area contributed by atoms with E-state index >= 15 is 0 Å². The lowest BCUT2D eigenvalue weighted by Gasteiger charge is -2.02.